The third-order valence-corrected chi connectivity index (χ3v) is 4.11. The number of hydrogen-bond acceptors (Lipinski definition) is 6. The van der Waals surface area contributed by atoms with Crippen LogP contribution in [-0.4, -0.2) is 44.2 Å². The van der Waals surface area contributed by atoms with Crippen molar-refractivity contribution in [1.82, 2.24) is 4.90 Å². The van der Waals surface area contributed by atoms with Crippen molar-refractivity contribution in [3.63, 3.8) is 0 Å². The van der Waals surface area contributed by atoms with Crippen LogP contribution in [0, 0.1) is 0 Å². The van der Waals surface area contributed by atoms with Crippen LogP contribution in [0.15, 0.2) is 35.0 Å². The van der Waals surface area contributed by atoms with Crippen LogP contribution >= 0.6 is 11.3 Å². The lowest BCUT2D eigenvalue weighted by atomic mass is 10.2. The average molecular weight is 385 g/mol. The van der Waals surface area contributed by atoms with E-state index in [0.29, 0.717) is 6.54 Å². The van der Waals surface area contributed by atoms with Crippen LogP contribution in [0.4, 0.5) is 8.78 Å². The van der Waals surface area contributed by atoms with Gasteiger partial charge in [0.1, 0.15) is 5.56 Å². The van der Waals surface area contributed by atoms with Gasteiger partial charge in [-0.1, -0.05) is 6.07 Å². The van der Waals surface area contributed by atoms with E-state index in [0.717, 1.165) is 5.56 Å². The van der Waals surface area contributed by atoms with Crippen molar-refractivity contribution in [1.29, 1.82) is 0 Å². The van der Waals surface area contributed by atoms with Gasteiger partial charge < -0.3 is 19.1 Å². The number of benzene rings is 1. The number of halogens is 2. The van der Waals surface area contributed by atoms with Gasteiger partial charge in [0.2, 0.25) is 0 Å². The summed E-state index contributed by atoms with van der Waals surface area (Å²) < 4.78 is 39.4. The van der Waals surface area contributed by atoms with Crippen molar-refractivity contribution in [3.05, 3.63) is 46.2 Å². The molecule has 6 nitrogen and oxygen atoms in total. The first kappa shape index (κ1) is 19.6. The van der Waals surface area contributed by atoms with Crippen LogP contribution in [-0.2, 0) is 16.1 Å². The molecule has 0 N–H and O–H groups in total. The summed E-state index contributed by atoms with van der Waals surface area (Å²) in [7, 11) is 2.83. The van der Waals surface area contributed by atoms with Crippen LogP contribution < -0.4 is 9.47 Å². The Morgan fingerprint density at radius 3 is 2.65 bits per heavy atom. The van der Waals surface area contributed by atoms with E-state index in [1.165, 1.54) is 41.5 Å². The zero-order chi connectivity index (χ0) is 19.1. The molecule has 0 aliphatic heterocycles. The van der Waals surface area contributed by atoms with Gasteiger partial charge in [0, 0.05) is 13.6 Å². The topological polar surface area (TPSA) is 65.1 Å². The SMILES string of the molecule is COc1cccc(C(=O)OCC(=O)N(C)Cc2ccsc2)c1OC(F)F. The number of ether oxygens (including phenoxy) is 3. The molecule has 0 saturated heterocycles. The maximum absolute atomic E-state index is 12.6. The largest absolute Gasteiger partial charge is 0.493 e. The minimum absolute atomic E-state index is 0.0411. The molecule has 1 heterocycles. The van der Waals surface area contributed by atoms with Crippen LogP contribution in [0.25, 0.3) is 0 Å². The second-order valence-electron chi connectivity index (χ2n) is 5.17. The standard InChI is InChI=1S/C17H17F2NO5S/c1-20(8-11-6-7-26-10-11)14(21)9-24-16(22)12-4-3-5-13(23-2)15(12)25-17(18)19/h3-7,10,17H,8-9H2,1-2H3. The van der Waals surface area contributed by atoms with Crippen LogP contribution in [0.2, 0.25) is 0 Å². The Labute approximate surface area is 152 Å². The Hall–Kier alpha value is -2.68. The van der Waals surface area contributed by atoms with E-state index >= 15 is 0 Å². The summed E-state index contributed by atoms with van der Waals surface area (Å²) in [5, 5.41) is 3.79. The third kappa shape index (κ3) is 5.16. The van der Waals surface area contributed by atoms with E-state index in [1.54, 1.807) is 7.05 Å². The van der Waals surface area contributed by atoms with E-state index in [-0.39, 0.29) is 11.3 Å². The molecule has 0 spiro atoms. The van der Waals surface area contributed by atoms with E-state index in [1.807, 2.05) is 16.8 Å². The van der Waals surface area contributed by atoms with Gasteiger partial charge in [-0.05, 0) is 34.5 Å². The third-order valence-electron chi connectivity index (χ3n) is 3.38. The quantitative estimate of drug-likeness (QED) is 0.653. The molecule has 0 saturated carbocycles. The number of amides is 1. The van der Waals surface area contributed by atoms with Crippen molar-refractivity contribution >= 4 is 23.2 Å². The highest BCUT2D eigenvalue weighted by Crippen LogP contribution is 2.32. The molecule has 0 bridgehead atoms. The van der Waals surface area contributed by atoms with E-state index in [4.69, 9.17) is 9.47 Å². The highest BCUT2D eigenvalue weighted by atomic mass is 32.1. The summed E-state index contributed by atoms with van der Waals surface area (Å²) in [6.45, 7) is -3.29. The smallest absolute Gasteiger partial charge is 0.387 e. The number of rotatable bonds is 8. The number of alkyl halides is 2. The number of thiophene rings is 1. The van der Waals surface area contributed by atoms with Crippen LogP contribution in [0.1, 0.15) is 15.9 Å². The molecule has 1 amide bonds. The van der Waals surface area contributed by atoms with Crippen molar-refractivity contribution in [3.8, 4) is 11.5 Å². The first-order chi connectivity index (χ1) is 12.4. The molecule has 26 heavy (non-hydrogen) atoms. The Bertz CT molecular complexity index is 752. The molecule has 0 fully saturated rings. The molecule has 0 atom stereocenters. The van der Waals surface area contributed by atoms with Crippen molar-refractivity contribution < 1.29 is 32.6 Å². The first-order valence-electron chi connectivity index (χ1n) is 7.46. The number of nitrogens with zero attached hydrogens (tertiary/aromatic N) is 1. The fourth-order valence-electron chi connectivity index (χ4n) is 2.11. The first-order valence-corrected chi connectivity index (χ1v) is 8.40. The molecular weight excluding hydrogens is 368 g/mol. The fraction of sp³-hybridized carbons (Fsp3) is 0.294. The number of methoxy groups -OCH3 is 1. The lowest BCUT2D eigenvalue weighted by Crippen LogP contribution is -2.30. The summed E-state index contributed by atoms with van der Waals surface area (Å²) in [5.74, 6) is -1.87. The van der Waals surface area contributed by atoms with Gasteiger partial charge in [0.25, 0.3) is 5.91 Å². The number of hydrogen-bond donors (Lipinski definition) is 0. The Morgan fingerprint density at radius 2 is 2.04 bits per heavy atom. The van der Waals surface area contributed by atoms with E-state index < -0.39 is 30.8 Å². The molecular formula is C17H17F2NO5S. The predicted octanol–water partition coefficient (Wildman–Crippen LogP) is 3.17. The monoisotopic (exact) mass is 385 g/mol. The summed E-state index contributed by atoms with van der Waals surface area (Å²) >= 11 is 1.51. The number of likely N-dealkylation sites (N-methyl/N-ethyl adjacent to an activating group) is 1. The van der Waals surface area contributed by atoms with Crippen molar-refractivity contribution in [2.24, 2.45) is 0 Å². The number of carbonyl (C=O) groups is 2. The van der Waals surface area contributed by atoms with Gasteiger partial charge in [0.15, 0.2) is 18.1 Å². The molecule has 0 unspecified atom stereocenters. The fourth-order valence-corrected chi connectivity index (χ4v) is 2.77. The Morgan fingerprint density at radius 1 is 1.27 bits per heavy atom. The number of esters is 1. The highest BCUT2D eigenvalue weighted by Gasteiger charge is 2.22. The molecule has 2 rings (SSSR count). The van der Waals surface area contributed by atoms with Gasteiger partial charge in [-0.15, -0.1) is 0 Å². The summed E-state index contributed by atoms with van der Waals surface area (Å²) in [6.07, 6.45) is 0. The normalized spacial score (nSPS) is 10.5. The van der Waals surface area contributed by atoms with Gasteiger partial charge in [-0.2, -0.15) is 20.1 Å². The van der Waals surface area contributed by atoms with Gasteiger partial charge in [-0.3, -0.25) is 4.79 Å². The Kier molecular flexibility index (Phi) is 6.90. The summed E-state index contributed by atoms with van der Waals surface area (Å²) in [4.78, 5) is 25.7. The second kappa shape index (κ2) is 9.14. The molecule has 1 aromatic heterocycles. The Balaban J connectivity index is 2.02. The molecule has 0 aliphatic carbocycles. The van der Waals surface area contributed by atoms with Gasteiger partial charge in [-0.25, -0.2) is 4.79 Å². The van der Waals surface area contributed by atoms with Crippen LogP contribution in [0.5, 0.6) is 11.5 Å². The lowest BCUT2D eigenvalue weighted by Gasteiger charge is -2.17. The summed E-state index contributed by atoms with van der Waals surface area (Å²) in [5.41, 5.74) is 0.704. The minimum Gasteiger partial charge on any atom is -0.493 e. The molecule has 9 heteroatoms. The molecule has 1 aromatic carbocycles. The molecule has 0 aliphatic rings. The average Bonchev–Trinajstić information content (AvgIpc) is 3.11. The predicted molar refractivity (Wildman–Crippen MR) is 90.7 cm³/mol. The minimum atomic E-state index is -3.14. The number of carbonyl (C=O) groups excluding carboxylic acids is 2. The zero-order valence-electron chi connectivity index (χ0n) is 14.1. The van der Waals surface area contributed by atoms with Crippen LogP contribution in [0.3, 0.4) is 0 Å². The molecule has 2 aromatic rings. The van der Waals surface area contributed by atoms with E-state index in [2.05, 4.69) is 4.74 Å². The molecule has 140 valence electrons. The zero-order valence-corrected chi connectivity index (χ0v) is 14.9. The van der Waals surface area contributed by atoms with Gasteiger partial charge in [0.05, 0.1) is 7.11 Å². The van der Waals surface area contributed by atoms with E-state index in [9.17, 15) is 18.4 Å². The molecule has 0 radical (unpaired) electrons. The highest BCUT2D eigenvalue weighted by molar-refractivity contribution is 7.07. The number of para-hydroxylation sites is 1. The summed E-state index contributed by atoms with van der Waals surface area (Å²) in [6, 6.07) is 5.93. The second-order valence-corrected chi connectivity index (χ2v) is 5.95. The maximum atomic E-state index is 12.6. The maximum Gasteiger partial charge on any atom is 0.387 e. The lowest BCUT2D eigenvalue weighted by molar-refractivity contribution is -0.133. The van der Waals surface area contributed by atoms with Gasteiger partial charge >= 0.3 is 12.6 Å². The van der Waals surface area contributed by atoms with Crippen molar-refractivity contribution in [2.45, 2.75) is 13.2 Å². The van der Waals surface area contributed by atoms with Crippen molar-refractivity contribution in [2.75, 3.05) is 20.8 Å².